The van der Waals surface area contributed by atoms with E-state index in [0.29, 0.717) is 18.7 Å². The van der Waals surface area contributed by atoms with Crippen molar-refractivity contribution in [1.29, 1.82) is 0 Å². The lowest BCUT2D eigenvalue weighted by Crippen LogP contribution is -2.16. The molecular formula is C22H21Cl2F4N3O. The van der Waals surface area contributed by atoms with Gasteiger partial charge in [-0.1, -0.05) is 6.07 Å². The zero-order valence-electron chi connectivity index (χ0n) is 16.7. The number of hydrogen-bond acceptors (Lipinski definition) is 3. The highest BCUT2D eigenvalue weighted by molar-refractivity contribution is 6.05. The summed E-state index contributed by atoms with van der Waals surface area (Å²) >= 11 is 0. The van der Waals surface area contributed by atoms with E-state index >= 15 is 4.39 Å². The molecule has 1 heterocycles. The van der Waals surface area contributed by atoms with E-state index in [-0.39, 0.29) is 24.8 Å². The third kappa shape index (κ3) is 5.97. The van der Waals surface area contributed by atoms with Crippen molar-refractivity contribution in [2.75, 3.05) is 11.9 Å². The lowest BCUT2D eigenvalue weighted by Gasteiger charge is -2.13. The van der Waals surface area contributed by atoms with Gasteiger partial charge in [-0.25, -0.2) is 17.6 Å². The molecule has 0 spiro atoms. The van der Waals surface area contributed by atoms with Crippen molar-refractivity contribution in [3.05, 3.63) is 83.2 Å². The van der Waals surface area contributed by atoms with Crippen LogP contribution >= 0.6 is 24.8 Å². The topological polar surface area (TPSA) is 68.0 Å². The van der Waals surface area contributed by atoms with Gasteiger partial charge in [0.25, 0.3) is 5.91 Å². The summed E-state index contributed by atoms with van der Waals surface area (Å²) in [5.41, 5.74) is 4.27. The first-order valence-corrected chi connectivity index (χ1v) is 9.30. The van der Waals surface area contributed by atoms with Crippen LogP contribution in [0, 0.1) is 23.3 Å². The molecule has 1 aromatic heterocycles. The molecule has 32 heavy (non-hydrogen) atoms. The van der Waals surface area contributed by atoms with Crippen molar-refractivity contribution >= 4 is 36.4 Å². The van der Waals surface area contributed by atoms with Gasteiger partial charge in [-0.2, -0.15) is 0 Å². The Labute approximate surface area is 195 Å². The summed E-state index contributed by atoms with van der Waals surface area (Å²) in [7, 11) is 0. The van der Waals surface area contributed by atoms with Crippen LogP contribution in [-0.4, -0.2) is 17.4 Å². The second-order valence-electron chi connectivity index (χ2n) is 6.61. The largest absolute Gasteiger partial charge is 0.330 e. The molecule has 0 radical (unpaired) electrons. The Morgan fingerprint density at radius 3 is 2.22 bits per heavy atom. The SMILES string of the molecule is Cl.Cl.NCCCCc1ccncc1NC(=O)c1ccc(F)c(-c2c(F)cccc2F)c1F. The summed E-state index contributed by atoms with van der Waals surface area (Å²) in [6.07, 6.45) is 5.16. The summed E-state index contributed by atoms with van der Waals surface area (Å²) < 4.78 is 57.5. The molecule has 10 heteroatoms. The van der Waals surface area contributed by atoms with Crippen LogP contribution in [0.15, 0.2) is 48.8 Å². The molecule has 0 unspecified atom stereocenters. The number of nitrogens with one attached hydrogen (secondary N) is 1. The van der Waals surface area contributed by atoms with Crippen molar-refractivity contribution in [2.24, 2.45) is 5.73 Å². The monoisotopic (exact) mass is 489 g/mol. The van der Waals surface area contributed by atoms with E-state index in [1.54, 1.807) is 12.3 Å². The quantitative estimate of drug-likeness (QED) is 0.331. The number of nitrogens with two attached hydrogens (primary N) is 1. The predicted octanol–water partition coefficient (Wildman–Crippen LogP) is 5.68. The molecule has 0 aliphatic rings. The summed E-state index contributed by atoms with van der Waals surface area (Å²) in [5, 5.41) is 2.54. The average Bonchev–Trinajstić information content (AvgIpc) is 2.71. The molecule has 2 aromatic carbocycles. The van der Waals surface area contributed by atoms with Gasteiger partial charge >= 0.3 is 0 Å². The fraction of sp³-hybridized carbons (Fsp3) is 0.182. The maximum Gasteiger partial charge on any atom is 0.258 e. The van der Waals surface area contributed by atoms with E-state index < -0.39 is 45.9 Å². The first-order chi connectivity index (χ1) is 14.4. The maximum absolute atomic E-state index is 15.0. The molecule has 3 aromatic rings. The number of hydrogen-bond donors (Lipinski definition) is 2. The molecule has 3 rings (SSSR count). The van der Waals surface area contributed by atoms with Gasteiger partial charge in [0.2, 0.25) is 0 Å². The average molecular weight is 490 g/mol. The number of aryl methyl sites for hydroxylation is 1. The molecular weight excluding hydrogens is 469 g/mol. The number of carbonyl (C=O) groups excluding carboxylic acids is 1. The number of benzene rings is 2. The van der Waals surface area contributed by atoms with Crippen molar-refractivity contribution in [3.8, 4) is 11.1 Å². The van der Waals surface area contributed by atoms with Gasteiger partial charge in [0.05, 0.1) is 28.6 Å². The molecule has 0 atom stereocenters. The van der Waals surface area contributed by atoms with E-state index in [1.807, 2.05) is 0 Å². The molecule has 0 aliphatic heterocycles. The highest BCUT2D eigenvalue weighted by Gasteiger charge is 2.24. The van der Waals surface area contributed by atoms with E-state index in [2.05, 4.69) is 10.3 Å². The summed E-state index contributed by atoms with van der Waals surface area (Å²) in [6, 6.07) is 6.28. The fourth-order valence-corrected chi connectivity index (χ4v) is 3.10. The summed E-state index contributed by atoms with van der Waals surface area (Å²) in [6.45, 7) is 0.531. The van der Waals surface area contributed by atoms with Crippen LogP contribution in [0.4, 0.5) is 23.2 Å². The Kier molecular flexibility index (Phi) is 10.6. The minimum atomic E-state index is -1.36. The Hall–Kier alpha value is -2.68. The second kappa shape index (κ2) is 12.4. The lowest BCUT2D eigenvalue weighted by atomic mass is 9.99. The van der Waals surface area contributed by atoms with Crippen molar-refractivity contribution in [1.82, 2.24) is 4.98 Å². The number of unbranched alkanes of at least 4 members (excludes halogenated alkanes) is 1. The number of pyridine rings is 1. The first-order valence-electron chi connectivity index (χ1n) is 9.30. The number of nitrogens with zero attached hydrogens (tertiary/aromatic N) is 1. The molecule has 172 valence electrons. The van der Waals surface area contributed by atoms with E-state index in [1.165, 1.54) is 6.20 Å². The van der Waals surface area contributed by atoms with Crippen LogP contribution in [0.1, 0.15) is 28.8 Å². The Bertz CT molecular complexity index is 1060. The summed E-state index contributed by atoms with van der Waals surface area (Å²) in [4.78, 5) is 16.6. The molecule has 3 N–H and O–H groups in total. The molecule has 0 aliphatic carbocycles. The molecule has 0 bridgehead atoms. The third-order valence-electron chi connectivity index (χ3n) is 4.61. The van der Waals surface area contributed by atoms with Gasteiger partial charge in [-0.15, -0.1) is 24.8 Å². The number of aromatic nitrogens is 1. The van der Waals surface area contributed by atoms with Gasteiger partial charge in [-0.05, 0) is 61.7 Å². The van der Waals surface area contributed by atoms with Crippen LogP contribution in [-0.2, 0) is 6.42 Å². The Balaban J connectivity index is 0.00000256. The molecule has 0 saturated carbocycles. The predicted molar refractivity (Wildman–Crippen MR) is 120 cm³/mol. The van der Waals surface area contributed by atoms with Crippen LogP contribution in [0.3, 0.4) is 0 Å². The van der Waals surface area contributed by atoms with Crippen molar-refractivity contribution in [3.63, 3.8) is 0 Å². The Morgan fingerprint density at radius 1 is 0.906 bits per heavy atom. The van der Waals surface area contributed by atoms with Gasteiger partial charge < -0.3 is 11.1 Å². The standard InChI is InChI=1S/C22H19F4N3O.2ClH/c23-15-5-3-6-16(24)19(15)20-17(25)8-7-14(21(20)26)22(30)29-18-12-28-11-9-13(18)4-1-2-10-27;;/h3,5-9,11-12H,1-2,4,10,27H2,(H,29,30);2*1H. The molecule has 0 saturated heterocycles. The smallest absolute Gasteiger partial charge is 0.258 e. The van der Waals surface area contributed by atoms with Crippen LogP contribution < -0.4 is 11.1 Å². The number of anilines is 1. The molecule has 0 fully saturated rings. The molecule has 1 amide bonds. The van der Waals surface area contributed by atoms with Gasteiger partial charge in [0.15, 0.2) is 0 Å². The minimum Gasteiger partial charge on any atom is -0.330 e. The van der Waals surface area contributed by atoms with E-state index in [9.17, 15) is 18.0 Å². The van der Waals surface area contributed by atoms with Crippen molar-refractivity contribution < 1.29 is 22.4 Å². The normalized spacial score (nSPS) is 10.2. The van der Waals surface area contributed by atoms with Crippen LogP contribution in [0.2, 0.25) is 0 Å². The number of amides is 1. The molecule has 4 nitrogen and oxygen atoms in total. The highest BCUT2D eigenvalue weighted by atomic mass is 35.5. The van der Waals surface area contributed by atoms with Crippen molar-refractivity contribution in [2.45, 2.75) is 19.3 Å². The maximum atomic E-state index is 15.0. The van der Waals surface area contributed by atoms with Crippen LogP contribution in [0.5, 0.6) is 0 Å². The highest BCUT2D eigenvalue weighted by Crippen LogP contribution is 2.32. The first kappa shape index (κ1) is 27.4. The van der Waals surface area contributed by atoms with Gasteiger partial charge in [0, 0.05) is 6.20 Å². The van der Waals surface area contributed by atoms with Gasteiger partial charge in [-0.3, -0.25) is 9.78 Å². The lowest BCUT2D eigenvalue weighted by molar-refractivity contribution is 0.102. The minimum absolute atomic E-state index is 0. The second-order valence-corrected chi connectivity index (χ2v) is 6.61. The van der Waals surface area contributed by atoms with Crippen LogP contribution in [0.25, 0.3) is 11.1 Å². The number of halogens is 6. The number of rotatable bonds is 7. The zero-order chi connectivity index (χ0) is 21.7. The van der Waals surface area contributed by atoms with Gasteiger partial charge in [0.1, 0.15) is 23.3 Å². The summed E-state index contributed by atoms with van der Waals surface area (Å²) in [5.74, 6) is -5.71. The number of carbonyl (C=O) groups is 1. The third-order valence-corrected chi connectivity index (χ3v) is 4.61. The van der Waals surface area contributed by atoms with E-state index in [4.69, 9.17) is 5.73 Å². The van der Waals surface area contributed by atoms with E-state index in [0.717, 1.165) is 48.7 Å². The zero-order valence-corrected chi connectivity index (χ0v) is 18.3. The fourth-order valence-electron chi connectivity index (χ4n) is 3.10. The Morgan fingerprint density at radius 2 is 1.56 bits per heavy atom.